The summed E-state index contributed by atoms with van der Waals surface area (Å²) in [5.41, 5.74) is 0. The van der Waals surface area contributed by atoms with Gasteiger partial charge in [-0.25, -0.2) is 4.98 Å². The molecule has 1 rings (SSSR count). The van der Waals surface area contributed by atoms with Crippen LogP contribution in [0, 0.1) is 0 Å². The van der Waals surface area contributed by atoms with E-state index in [2.05, 4.69) is 20.5 Å². The highest BCUT2D eigenvalue weighted by Gasteiger charge is 2.21. The van der Waals surface area contributed by atoms with Crippen molar-refractivity contribution in [3.63, 3.8) is 0 Å². The quantitative estimate of drug-likeness (QED) is 0.778. The first kappa shape index (κ1) is 15.1. The Labute approximate surface area is 112 Å². The zero-order valence-electron chi connectivity index (χ0n) is 11.9. The Morgan fingerprint density at radius 3 is 2.68 bits per heavy atom. The monoisotopic (exact) mass is 267 g/mol. The van der Waals surface area contributed by atoms with E-state index in [1.54, 1.807) is 18.9 Å². The SMILES string of the molecule is CCCc1nc(C(=O)NC(C)C(=O)N(C)CC)n[nH]1. The van der Waals surface area contributed by atoms with Crippen molar-refractivity contribution in [3.05, 3.63) is 11.6 Å². The maximum atomic E-state index is 11.9. The average Bonchev–Trinajstić information content (AvgIpc) is 2.86. The fourth-order valence-electron chi connectivity index (χ4n) is 1.55. The molecule has 106 valence electrons. The molecule has 0 aliphatic carbocycles. The highest BCUT2D eigenvalue weighted by Crippen LogP contribution is 1.98. The van der Waals surface area contributed by atoms with Crippen LogP contribution in [0.25, 0.3) is 0 Å². The van der Waals surface area contributed by atoms with Crippen LogP contribution in [-0.4, -0.2) is 51.5 Å². The third-order valence-electron chi connectivity index (χ3n) is 2.79. The number of hydrogen-bond donors (Lipinski definition) is 2. The predicted octanol–water partition coefficient (Wildman–Crippen LogP) is 0.354. The number of likely N-dealkylation sites (N-methyl/N-ethyl adjacent to an activating group) is 1. The van der Waals surface area contributed by atoms with Gasteiger partial charge in [0.2, 0.25) is 11.7 Å². The van der Waals surface area contributed by atoms with Gasteiger partial charge < -0.3 is 10.2 Å². The molecule has 1 aromatic rings. The maximum Gasteiger partial charge on any atom is 0.291 e. The highest BCUT2D eigenvalue weighted by molar-refractivity contribution is 5.94. The number of aromatic amines is 1. The summed E-state index contributed by atoms with van der Waals surface area (Å²) in [5.74, 6) is 0.170. The summed E-state index contributed by atoms with van der Waals surface area (Å²) in [6, 6.07) is -0.592. The van der Waals surface area contributed by atoms with Crippen LogP contribution in [0.1, 0.15) is 43.6 Å². The Kier molecular flexibility index (Phi) is 5.47. The van der Waals surface area contributed by atoms with Crippen molar-refractivity contribution in [1.82, 2.24) is 25.4 Å². The summed E-state index contributed by atoms with van der Waals surface area (Å²) in [4.78, 5) is 29.3. The Morgan fingerprint density at radius 2 is 2.11 bits per heavy atom. The van der Waals surface area contributed by atoms with E-state index in [1.807, 2.05) is 13.8 Å². The molecule has 19 heavy (non-hydrogen) atoms. The van der Waals surface area contributed by atoms with E-state index in [0.29, 0.717) is 12.4 Å². The first-order valence-electron chi connectivity index (χ1n) is 6.46. The third-order valence-corrected chi connectivity index (χ3v) is 2.79. The highest BCUT2D eigenvalue weighted by atomic mass is 16.2. The number of carbonyl (C=O) groups is 2. The van der Waals surface area contributed by atoms with Gasteiger partial charge in [-0.1, -0.05) is 6.92 Å². The lowest BCUT2D eigenvalue weighted by Gasteiger charge is -2.19. The minimum atomic E-state index is -0.592. The molecule has 0 spiro atoms. The molecule has 0 fully saturated rings. The van der Waals surface area contributed by atoms with E-state index in [9.17, 15) is 9.59 Å². The van der Waals surface area contributed by atoms with Crippen LogP contribution in [0.3, 0.4) is 0 Å². The fourth-order valence-corrected chi connectivity index (χ4v) is 1.55. The Balaban J connectivity index is 2.60. The number of aryl methyl sites for hydroxylation is 1. The van der Waals surface area contributed by atoms with Crippen LogP contribution in [0.4, 0.5) is 0 Å². The summed E-state index contributed by atoms with van der Waals surface area (Å²) >= 11 is 0. The number of nitrogens with zero attached hydrogens (tertiary/aromatic N) is 3. The van der Waals surface area contributed by atoms with Gasteiger partial charge in [-0.05, 0) is 20.3 Å². The first-order chi connectivity index (χ1) is 8.99. The topological polar surface area (TPSA) is 91.0 Å². The molecular formula is C12H21N5O2. The van der Waals surface area contributed by atoms with Crippen LogP contribution >= 0.6 is 0 Å². The molecule has 2 amide bonds. The molecule has 7 nitrogen and oxygen atoms in total. The fraction of sp³-hybridized carbons (Fsp3) is 0.667. The number of rotatable bonds is 6. The van der Waals surface area contributed by atoms with Gasteiger partial charge >= 0.3 is 0 Å². The van der Waals surface area contributed by atoms with Crippen molar-refractivity contribution >= 4 is 11.8 Å². The van der Waals surface area contributed by atoms with Crippen LogP contribution in [-0.2, 0) is 11.2 Å². The predicted molar refractivity (Wildman–Crippen MR) is 70.6 cm³/mol. The van der Waals surface area contributed by atoms with Gasteiger partial charge in [0.05, 0.1) is 0 Å². The molecule has 7 heteroatoms. The molecule has 0 aliphatic rings. The number of amides is 2. The number of carbonyl (C=O) groups excluding carboxylic acids is 2. The minimum Gasteiger partial charge on any atom is -0.344 e. The lowest BCUT2D eigenvalue weighted by Crippen LogP contribution is -2.45. The smallest absolute Gasteiger partial charge is 0.291 e. The number of aromatic nitrogens is 3. The van der Waals surface area contributed by atoms with Crippen molar-refractivity contribution in [2.45, 2.75) is 39.7 Å². The van der Waals surface area contributed by atoms with Crippen molar-refractivity contribution in [2.75, 3.05) is 13.6 Å². The molecule has 2 N–H and O–H groups in total. The van der Waals surface area contributed by atoms with Gasteiger partial charge in [0.1, 0.15) is 11.9 Å². The molecule has 1 aromatic heterocycles. The van der Waals surface area contributed by atoms with Gasteiger partial charge in [0, 0.05) is 20.0 Å². The molecule has 0 aromatic carbocycles. The van der Waals surface area contributed by atoms with Crippen molar-refractivity contribution in [1.29, 1.82) is 0 Å². The molecular weight excluding hydrogens is 246 g/mol. The summed E-state index contributed by atoms with van der Waals surface area (Å²) in [6.07, 6.45) is 1.67. The maximum absolute atomic E-state index is 11.9. The van der Waals surface area contributed by atoms with Gasteiger partial charge in [-0.2, -0.15) is 0 Å². The number of hydrogen-bond acceptors (Lipinski definition) is 4. The molecule has 0 aliphatic heterocycles. The normalized spacial score (nSPS) is 12.0. The molecule has 0 bridgehead atoms. The number of H-pyrrole nitrogens is 1. The third kappa shape index (κ3) is 4.04. The molecule has 1 heterocycles. The van der Waals surface area contributed by atoms with Crippen LogP contribution < -0.4 is 5.32 Å². The largest absolute Gasteiger partial charge is 0.344 e. The molecule has 0 radical (unpaired) electrons. The van der Waals surface area contributed by atoms with E-state index in [0.717, 1.165) is 12.8 Å². The zero-order chi connectivity index (χ0) is 14.4. The Hall–Kier alpha value is -1.92. The van der Waals surface area contributed by atoms with E-state index >= 15 is 0 Å². The molecule has 1 atom stereocenters. The molecule has 0 saturated heterocycles. The second-order valence-corrected chi connectivity index (χ2v) is 4.40. The van der Waals surface area contributed by atoms with Crippen molar-refractivity contribution < 1.29 is 9.59 Å². The second kappa shape index (κ2) is 6.86. The lowest BCUT2D eigenvalue weighted by atomic mass is 10.3. The van der Waals surface area contributed by atoms with E-state index in [4.69, 9.17) is 0 Å². The summed E-state index contributed by atoms with van der Waals surface area (Å²) in [5, 5.41) is 9.14. The van der Waals surface area contributed by atoms with Crippen molar-refractivity contribution in [2.24, 2.45) is 0 Å². The summed E-state index contributed by atoms with van der Waals surface area (Å²) in [7, 11) is 1.69. The van der Waals surface area contributed by atoms with Crippen LogP contribution in [0.2, 0.25) is 0 Å². The molecule has 0 saturated carbocycles. The molecule has 1 unspecified atom stereocenters. The Morgan fingerprint density at radius 1 is 1.42 bits per heavy atom. The Bertz CT molecular complexity index is 443. The summed E-state index contributed by atoms with van der Waals surface area (Å²) in [6.45, 7) is 6.13. The van der Waals surface area contributed by atoms with Gasteiger partial charge in [0.15, 0.2) is 0 Å². The second-order valence-electron chi connectivity index (χ2n) is 4.40. The van der Waals surface area contributed by atoms with Crippen LogP contribution in [0.15, 0.2) is 0 Å². The number of nitrogens with one attached hydrogen (secondary N) is 2. The van der Waals surface area contributed by atoms with Crippen LogP contribution in [0.5, 0.6) is 0 Å². The van der Waals surface area contributed by atoms with Gasteiger partial charge in [-0.15, -0.1) is 5.10 Å². The standard InChI is InChI=1S/C12H21N5O2/c1-5-7-9-14-10(16-15-9)11(18)13-8(3)12(19)17(4)6-2/h8H,5-7H2,1-4H3,(H,13,18)(H,14,15,16). The van der Waals surface area contributed by atoms with Crippen molar-refractivity contribution in [3.8, 4) is 0 Å². The lowest BCUT2D eigenvalue weighted by molar-refractivity contribution is -0.131. The first-order valence-corrected chi connectivity index (χ1v) is 6.46. The zero-order valence-corrected chi connectivity index (χ0v) is 11.9. The summed E-state index contributed by atoms with van der Waals surface area (Å²) < 4.78 is 0. The van der Waals surface area contributed by atoms with Gasteiger partial charge in [-0.3, -0.25) is 14.7 Å². The van der Waals surface area contributed by atoms with E-state index in [-0.39, 0.29) is 11.7 Å². The minimum absolute atomic E-state index is 0.0715. The van der Waals surface area contributed by atoms with E-state index in [1.165, 1.54) is 0 Å². The van der Waals surface area contributed by atoms with E-state index < -0.39 is 11.9 Å². The average molecular weight is 267 g/mol. The van der Waals surface area contributed by atoms with Gasteiger partial charge in [0.25, 0.3) is 5.91 Å².